The monoisotopic (exact) mass is 486 g/mol. The number of fused-ring (bicyclic) bond motifs is 1. The molecule has 1 unspecified atom stereocenters. The van der Waals surface area contributed by atoms with Crippen molar-refractivity contribution >= 4 is 34.1 Å². The van der Waals surface area contributed by atoms with Crippen LogP contribution in [0.2, 0.25) is 0 Å². The van der Waals surface area contributed by atoms with E-state index in [9.17, 15) is 9.59 Å². The number of benzene rings is 2. The molecule has 8 heteroatoms. The summed E-state index contributed by atoms with van der Waals surface area (Å²) in [5.41, 5.74) is 2.71. The molecule has 0 bridgehead atoms. The molecule has 0 N–H and O–H groups in total. The number of nitrogens with zero attached hydrogens (tertiary/aromatic N) is 4. The number of ether oxygens (including phenoxy) is 1. The van der Waals surface area contributed by atoms with Gasteiger partial charge in [0, 0.05) is 49.1 Å². The van der Waals surface area contributed by atoms with Crippen LogP contribution < -0.4 is 4.74 Å². The zero-order valence-electron chi connectivity index (χ0n) is 19.5. The lowest BCUT2D eigenvalue weighted by atomic mass is 10.1. The van der Waals surface area contributed by atoms with E-state index in [0.717, 1.165) is 27.2 Å². The molecule has 0 radical (unpaired) electrons. The van der Waals surface area contributed by atoms with Crippen LogP contribution in [0.15, 0.2) is 72.2 Å². The number of para-hydroxylation sites is 2. The van der Waals surface area contributed by atoms with Crippen LogP contribution in [-0.4, -0.2) is 57.8 Å². The molecule has 1 aliphatic heterocycles. The predicted octanol–water partition coefficient (Wildman–Crippen LogP) is 4.56. The van der Waals surface area contributed by atoms with Gasteiger partial charge in [-0.15, -0.1) is 11.3 Å². The van der Waals surface area contributed by atoms with Gasteiger partial charge in [0.2, 0.25) is 5.91 Å². The molecule has 1 saturated heterocycles. The maximum Gasteiger partial charge on any atom is 0.261 e. The number of aromatic nitrogens is 2. The third kappa shape index (κ3) is 5.02. The van der Waals surface area contributed by atoms with Gasteiger partial charge < -0.3 is 14.5 Å². The maximum absolute atomic E-state index is 13.3. The Balaban J connectivity index is 1.42. The van der Waals surface area contributed by atoms with Crippen molar-refractivity contribution in [1.29, 1.82) is 0 Å². The smallest absolute Gasteiger partial charge is 0.261 e. The standard InChI is InChI=1S/C27H26N4O3S/c1-19(32)30-14-12-24(31(16-15-30)25(33)17-34-21-9-3-2-4-10-21)27-29-23(18-35-27)22-11-5-7-20-8-6-13-28-26(20)22/h2-11,13,18,24H,12,14-17H2,1H3. The van der Waals surface area contributed by atoms with Gasteiger partial charge in [-0.3, -0.25) is 14.6 Å². The molecule has 0 saturated carbocycles. The zero-order valence-corrected chi connectivity index (χ0v) is 20.3. The molecule has 3 heterocycles. The topological polar surface area (TPSA) is 75.6 Å². The summed E-state index contributed by atoms with van der Waals surface area (Å²) in [4.78, 5) is 38.5. The van der Waals surface area contributed by atoms with E-state index in [1.165, 1.54) is 11.3 Å². The second kappa shape index (κ2) is 10.2. The number of hydrogen-bond acceptors (Lipinski definition) is 6. The Morgan fingerprint density at radius 1 is 1.03 bits per heavy atom. The first kappa shape index (κ1) is 23.0. The molecular weight excluding hydrogens is 460 g/mol. The number of hydrogen-bond donors (Lipinski definition) is 0. The Morgan fingerprint density at radius 3 is 2.69 bits per heavy atom. The Morgan fingerprint density at radius 2 is 1.86 bits per heavy atom. The third-order valence-corrected chi connectivity index (χ3v) is 7.19. The first-order valence-corrected chi connectivity index (χ1v) is 12.5. The molecule has 1 fully saturated rings. The van der Waals surface area contributed by atoms with Crippen molar-refractivity contribution in [2.75, 3.05) is 26.2 Å². The summed E-state index contributed by atoms with van der Waals surface area (Å²) >= 11 is 1.54. The molecule has 7 nitrogen and oxygen atoms in total. The average molecular weight is 487 g/mol. The Hall–Kier alpha value is -3.78. The van der Waals surface area contributed by atoms with E-state index in [1.807, 2.05) is 70.9 Å². The number of carbonyl (C=O) groups is 2. The minimum atomic E-state index is -0.229. The van der Waals surface area contributed by atoms with Gasteiger partial charge in [0.15, 0.2) is 6.61 Å². The van der Waals surface area contributed by atoms with Gasteiger partial charge in [-0.2, -0.15) is 0 Å². The van der Waals surface area contributed by atoms with Crippen molar-refractivity contribution in [2.24, 2.45) is 0 Å². The summed E-state index contributed by atoms with van der Waals surface area (Å²) in [5.74, 6) is 0.547. The van der Waals surface area contributed by atoms with Crippen LogP contribution in [0.5, 0.6) is 5.75 Å². The maximum atomic E-state index is 13.3. The van der Waals surface area contributed by atoms with Crippen molar-refractivity contribution in [3.63, 3.8) is 0 Å². The van der Waals surface area contributed by atoms with E-state index in [2.05, 4.69) is 4.98 Å². The second-order valence-corrected chi connectivity index (χ2v) is 9.34. The fraction of sp³-hybridized carbons (Fsp3) is 0.259. The molecule has 5 rings (SSSR count). The van der Waals surface area contributed by atoms with Crippen LogP contribution >= 0.6 is 11.3 Å². The molecule has 2 aromatic heterocycles. The highest BCUT2D eigenvalue weighted by atomic mass is 32.1. The lowest BCUT2D eigenvalue weighted by molar-refractivity contribution is -0.136. The number of carbonyl (C=O) groups excluding carboxylic acids is 2. The Labute approximate surface area is 208 Å². The fourth-order valence-corrected chi connectivity index (χ4v) is 5.39. The molecule has 0 spiro atoms. The van der Waals surface area contributed by atoms with Crippen LogP contribution in [0.4, 0.5) is 0 Å². The summed E-state index contributed by atoms with van der Waals surface area (Å²) in [6.07, 6.45) is 2.41. The second-order valence-electron chi connectivity index (χ2n) is 8.45. The molecule has 35 heavy (non-hydrogen) atoms. The van der Waals surface area contributed by atoms with Crippen molar-refractivity contribution in [3.05, 3.63) is 77.2 Å². The van der Waals surface area contributed by atoms with Crippen LogP contribution in [-0.2, 0) is 9.59 Å². The minimum Gasteiger partial charge on any atom is -0.484 e. The molecule has 4 aromatic rings. The van der Waals surface area contributed by atoms with E-state index in [0.29, 0.717) is 31.8 Å². The Bertz CT molecular complexity index is 1340. The van der Waals surface area contributed by atoms with Crippen LogP contribution in [0.25, 0.3) is 22.2 Å². The third-order valence-electron chi connectivity index (χ3n) is 6.25. The highest BCUT2D eigenvalue weighted by Gasteiger charge is 2.32. The SMILES string of the molecule is CC(=O)N1CCC(c2nc(-c3cccc4cccnc34)cs2)N(C(=O)COc2ccccc2)CC1. The summed E-state index contributed by atoms with van der Waals surface area (Å²) in [7, 11) is 0. The normalized spacial score (nSPS) is 16.2. The fourth-order valence-electron chi connectivity index (χ4n) is 4.42. The van der Waals surface area contributed by atoms with Crippen molar-refractivity contribution < 1.29 is 14.3 Å². The van der Waals surface area contributed by atoms with Crippen LogP contribution in [0.3, 0.4) is 0 Å². The van der Waals surface area contributed by atoms with Crippen LogP contribution in [0, 0.1) is 0 Å². The van der Waals surface area contributed by atoms with Crippen molar-refractivity contribution in [1.82, 2.24) is 19.8 Å². The van der Waals surface area contributed by atoms with Gasteiger partial charge in [-0.05, 0) is 24.6 Å². The zero-order chi connectivity index (χ0) is 24.2. The first-order valence-electron chi connectivity index (χ1n) is 11.6. The number of amides is 2. The quantitative estimate of drug-likeness (QED) is 0.413. The molecule has 1 atom stereocenters. The van der Waals surface area contributed by atoms with E-state index >= 15 is 0 Å². The first-order chi connectivity index (χ1) is 17.1. The minimum absolute atomic E-state index is 0.0141. The van der Waals surface area contributed by atoms with Gasteiger partial charge in [-0.1, -0.05) is 42.5 Å². The van der Waals surface area contributed by atoms with Gasteiger partial charge in [-0.25, -0.2) is 4.98 Å². The van der Waals surface area contributed by atoms with E-state index in [4.69, 9.17) is 9.72 Å². The van der Waals surface area contributed by atoms with Gasteiger partial charge >= 0.3 is 0 Å². The molecular formula is C27H26N4O3S. The number of thiazole rings is 1. The molecule has 178 valence electrons. The predicted molar refractivity (Wildman–Crippen MR) is 136 cm³/mol. The summed E-state index contributed by atoms with van der Waals surface area (Å²) in [5, 5.41) is 3.93. The van der Waals surface area contributed by atoms with Gasteiger partial charge in [0.1, 0.15) is 10.8 Å². The summed E-state index contributed by atoms with van der Waals surface area (Å²) < 4.78 is 5.75. The average Bonchev–Trinajstić information content (AvgIpc) is 3.26. The lowest BCUT2D eigenvalue weighted by Crippen LogP contribution is -2.40. The van der Waals surface area contributed by atoms with Crippen LogP contribution in [0.1, 0.15) is 24.4 Å². The summed E-state index contributed by atoms with van der Waals surface area (Å²) in [6.45, 7) is 3.01. The van der Waals surface area contributed by atoms with Gasteiger partial charge in [0.25, 0.3) is 5.91 Å². The van der Waals surface area contributed by atoms with E-state index < -0.39 is 0 Å². The van der Waals surface area contributed by atoms with E-state index in [1.54, 1.807) is 18.0 Å². The molecule has 2 amide bonds. The number of rotatable bonds is 5. The molecule has 1 aliphatic rings. The molecule has 2 aromatic carbocycles. The highest BCUT2D eigenvalue weighted by molar-refractivity contribution is 7.10. The van der Waals surface area contributed by atoms with Crippen molar-refractivity contribution in [3.8, 4) is 17.0 Å². The van der Waals surface area contributed by atoms with Crippen molar-refractivity contribution in [2.45, 2.75) is 19.4 Å². The highest BCUT2D eigenvalue weighted by Crippen LogP contribution is 2.34. The largest absolute Gasteiger partial charge is 0.484 e. The van der Waals surface area contributed by atoms with Gasteiger partial charge in [0.05, 0.1) is 17.3 Å². The summed E-state index contributed by atoms with van der Waals surface area (Å²) in [6, 6.07) is 19.1. The molecule has 0 aliphatic carbocycles. The Kier molecular flexibility index (Phi) is 6.72. The lowest BCUT2D eigenvalue weighted by Gasteiger charge is -2.28. The number of pyridine rings is 1. The van der Waals surface area contributed by atoms with E-state index in [-0.39, 0.29) is 24.5 Å².